The predicted molar refractivity (Wildman–Crippen MR) is 60.9 cm³/mol. The van der Waals surface area contributed by atoms with Crippen LogP contribution in [0.2, 0.25) is 0 Å². The minimum Gasteiger partial charge on any atom is -0.479 e. The van der Waals surface area contributed by atoms with E-state index in [0.717, 1.165) is 5.75 Å². The van der Waals surface area contributed by atoms with E-state index in [-0.39, 0.29) is 0 Å². The molecule has 0 aliphatic heterocycles. The lowest BCUT2D eigenvalue weighted by Crippen LogP contribution is -2.19. The van der Waals surface area contributed by atoms with E-state index in [0.29, 0.717) is 12.2 Å². The standard InChI is InChI=1S/C11H14O3S/c12-10(11(13)14)6-7-15-8-9-4-2-1-3-5-9/h1-5,10,12H,6-8H2,(H,13,14). The smallest absolute Gasteiger partial charge is 0.332 e. The highest BCUT2D eigenvalue weighted by atomic mass is 32.2. The van der Waals surface area contributed by atoms with Crippen molar-refractivity contribution in [2.24, 2.45) is 0 Å². The van der Waals surface area contributed by atoms with Crippen molar-refractivity contribution in [1.29, 1.82) is 0 Å². The Bertz CT molecular complexity index is 300. The van der Waals surface area contributed by atoms with Gasteiger partial charge in [0.25, 0.3) is 0 Å². The average molecular weight is 226 g/mol. The van der Waals surface area contributed by atoms with E-state index in [1.165, 1.54) is 5.56 Å². The summed E-state index contributed by atoms with van der Waals surface area (Å²) in [7, 11) is 0. The first-order chi connectivity index (χ1) is 7.20. The minimum absolute atomic E-state index is 0.298. The molecule has 0 aliphatic rings. The molecule has 0 fully saturated rings. The molecule has 82 valence electrons. The van der Waals surface area contributed by atoms with Gasteiger partial charge in [-0.2, -0.15) is 11.8 Å². The van der Waals surface area contributed by atoms with E-state index >= 15 is 0 Å². The summed E-state index contributed by atoms with van der Waals surface area (Å²) in [5, 5.41) is 17.4. The van der Waals surface area contributed by atoms with Crippen LogP contribution in [0.15, 0.2) is 30.3 Å². The topological polar surface area (TPSA) is 57.5 Å². The molecule has 3 nitrogen and oxygen atoms in total. The van der Waals surface area contributed by atoms with Gasteiger partial charge in [-0.25, -0.2) is 4.79 Å². The van der Waals surface area contributed by atoms with E-state index < -0.39 is 12.1 Å². The van der Waals surface area contributed by atoms with E-state index in [2.05, 4.69) is 0 Å². The van der Waals surface area contributed by atoms with Gasteiger partial charge in [0, 0.05) is 5.75 Å². The Morgan fingerprint density at radius 2 is 2.00 bits per heavy atom. The van der Waals surface area contributed by atoms with Gasteiger partial charge >= 0.3 is 5.97 Å². The molecule has 0 aromatic heterocycles. The molecule has 0 bridgehead atoms. The number of aliphatic hydroxyl groups is 1. The maximum atomic E-state index is 10.3. The number of hydrogen-bond donors (Lipinski definition) is 2. The lowest BCUT2D eigenvalue weighted by Gasteiger charge is -2.04. The largest absolute Gasteiger partial charge is 0.479 e. The molecule has 1 aromatic rings. The first-order valence-corrected chi connectivity index (χ1v) is 5.88. The molecule has 4 heteroatoms. The van der Waals surface area contributed by atoms with Crippen LogP contribution in [0, 0.1) is 0 Å². The fraction of sp³-hybridized carbons (Fsp3) is 0.364. The molecule has 1 unspecified atom stereocenters. The highest BCUT2D eigenvalue weighted by Gasteiger charge is 2.11. The van der Waals surface area contributed by atoms with Crippen LogP contribution in [0.1, 0.15) is 12.0 Å². The van der Waals surface area contributed by atoms with Gasteiger partial charge in [0.05, 0.1) is 0 Å². The van der Waals surface area contributed by atoms with Crippen molar-refractivity contribution in [3.05, 3.63) is 35.9 Å². The highest BCUT2D eigenvalue weighted by Crippen LogP contribution is 2.13. The summed E-state index contributed by atoms with van der Waals surface area (Å²) in [5.41, 5.74) is 1.22. The third-order valence-electron chi connectivity index (χ3n) is 1.93. The molecule has 0 spiro atoms. The van der Waals surface area contributed by atoms with Crippen molar-refractivity contribution in [2.75, 3.05) is 5.75 Å². The Labute approximate surface area is 93.1 Å². The Morgan fingerprint density at radius 3 is 2.60 bits per heavy atom. The minimum atomic E-state index is -1.23. The maximum Gasteiger partial charge on any atom is 0.332 e. The van der Waals surface area contributed by atoms with E-state index in [1.807, 2.05) is 30.3 Å². The number of rotatable bonds is 6. The lowest BCUT2D eigenvalue weighted by molar-refractivity contribution is -0.146. The summed E-state index contributed by atoms with van der Waals surface area (Å²) in [6.07, 6.45) is -0.930. The molecular formula is C11H14O3S. The van der Waals surface area contributed by atoms with Gasteiger partial charge in [0.1, 0.15) is 0 Å². The van der Waals surface area contributed by atoms with Crippen LogP contribution in [0.5, 0.6) is 0 Å². The molecular weight excluding hydrogens is 212 g/mol. The number of carbonyl (C=O) groups is 1. The molecule has 0 radical (unpaired) electrons. The van der Waals surface area contributed by atoms with Gasteiger partial charge < -0.3 is 10.2 Å². The molecule has 0 saturated heterocycles. The number of carboxylic acids is 1. The zero-order chi connectivity index (χ0) is 11.1. The van der Waals surface area contributed by atoms with Gasteiger partial charge in [-0.1, -0.05) is 30.3 Å². The van der Waals surface area contributed by atoms with Crippen LogP contribution in [-0.2, 0) is 10.5 Å². The second-order valence-electron chi connectivity index (χ2n) is 3.18. The first-order valence-electron chi connectivity index (χ1n) is 4.72. The van der Waals surface area contributed by atoms with Crippen LogP contribution in [0.25, 0.3) is 0 Å². The fourth-order valence-electron chi connectivity index (χ4n) is 1.08. The molecule has 1 atom stereocenters. The number of benzene rings is 1. The molecule has 0 aliphatic carbocycles. The van der Waals surface area contributed by atoms with Crippen molar-refractivity contribution < 1.29 is 15.0 Å². The number of aliphatic hydroxyl groups excluding tert-OH is 1. The van der Waals surface area contributed by atoms with Crippen molar-refractivity contribution in [3.63, 3.8) is 0 Å². The second kappa shape index (κ2) is 6.48. The summed E-state index contributed by atoms with van der Waals surface area (Å²) < 4.78 is 0. The maximum absolute atomic E-state index is 10.3. The summed E-state index contributed by atoms with van der Waals surface area (Å²) in [6, 6.07) is 9.97. The van der Waals surface area contributed by atoms with Crippen LogP contribution >= 0.6 is 11.8 Å². The Morgan fingerprint density at radius 1 is 1.33 bits per heavy atom. The molecule has 0 amide bonds. The first kappa shape index (κ1) is 12.1. The molecule has 15 heavy (non-hydrogen) atoms. The molecule has 1 aromatic carbocycles. The van der Waals surface area contributed by atoms with Crippen LogP contribution in [0.3, 0.4) is 0 Å². The van der Waals surface area contributed by atoms with Crippen molar-refractivity contribution in [3.8, 4) is 0 Å². The summed E-state index contributed by atoms with van der Waals surface area (Å²) in [5.74, 6) is 0.366. The summed E-state index contributed by atoms with van der Waals surface area (Å²) in [6.45, 7) is 0. The van der Waals surface area contributed by atoms with E-state index in [1.54, 1.807) is 11.8 Å². The average Bonchev–Trinajstić information content (AvgIpc) is 2.25. The third kappa shape index (κ3) is 4.85. The molecule has 0 saturated carbocycles. The number of hydrogen-bond acceptors (Lipinski definition) is 3. The van der Waals surface area contributed by atoms with E-state index in [4.69, 9.17) is 10.2 Å². The lowest BCUT2D eigenvalue weighted by atomic mass is 10.2. The van der Waals surface area contributed by atoms with Gasteiger partial charge in [0.2, 0.25) is 0 Å². The van der Waals surface area contributed by atoms with Crippen molar-refractivity contribution in [1.82, 2.24) is 0 Å². The van der Waals surface area contributed by atoms with Gasteiger partial charge in [-0.05, 0) is 17.7 Å². The Balaban J connectivity index is 2.15. The van der Waals surface area contributed by atoms with Gasteiger partial charge in [0.15, 0.2) is 6.10 Å². The van der Waals surface area contributed by atoms with Crippen molar-refractivity contribution in [2.45, 2.75) is 18.3 Å². The van der Waals surface area contributed by atoms with Crippen molar-refractivity contribution >= 4 is 17.7 Å². The van der Waals surface area contributed by atoms with Gasteiger partial charge in [-0.3, -0.25) is 0 Å². The SMILES string of the molecule is O=C(O)C(O)CCSCc1ccccc1. The van der Waals surface area contributed by atoms with Crippen LogP contribution in [-0.4, -0.2) is 28.0 Å². The predicted octanol–water partition coefficient (Wildman–Crippen LogP) is 1.76. The normalized spacial score (nSPS) is 12.3. The molecule has 2 N–H and O–H groups in total. The summed E-state index contributed by atoms with van der Waals surface area (Å²) >= 11 is 1.63. The molecule has 0 heterocycles. The molecule has 1 rings (SSSR count). The fourth-order valence-corrected chi connectivity index (χ4v) is 2.05. The third-order valence-corrected chi connectivity index (χ3v) is 2.99. The highest BCUT2D eigenvalue weighted by molar-refractivity contribution is 7.98. The monoisotopic (exact) mass is 226 g/mol. The number of thioether (sulfide) groups is 1. The Hall–Kier alpha value is -1.00. The number of carboxylic acid groups (broad SMARTS) is 1. The van der Waals surface area contributed by atoms with E-state index in [9.17, 15) is 4.79 Å². The van der Waals surface area contributed by atoms with Crippen LogP contribution in [0.4, 0.5) is 0 Å². The Kier molecular flexibility index (Phi) is 5.21. The van der Waals surface area contributed by atoms with Gasteiger partial charge in [-0.15, -0.1) is 0 Å². The zero-order valence-electron chi connectivity index (χ0n) is 8.30. The van der Waals surface area contributed by atoms with Crippen LogP contribution < -0.4 is 0 Å². The summed E-state index contributed by atoms with van der Waals surface area (Å²) in [4.78, 5) is 10.3. The zero-order valence-corrected chi connectivity index (χ0v) is 9.11. The quantitative estimate of drug-likeness (QED) is 0.726. The number of aliphatic carboxylic acids is 1. The second-order valence-corrected chi connectivity index (χ2v) is 4.29.